The van der Waals surface area contributed by atoms with E-state index in [9.17, 15) is 4.79 Å². The molecule has 0 aromatic heterocycles. The van der Waals surface area contributed by atoms with E-state index < -0.39 is 0 Å². The summed E-state index contributed by atoms with van der Waals surface area (Å²) in [5, 5.41) is 9.06. The van der Waals surface area contributed by atoms with Gasteiger partial charge in [-0.3, -0.25) is 4.79 Å². The number of amides is 1. The Balaban J connectivity index is 1.97. The minimum Gasteiger partial charge on any atom is -0.497 e. The van der Waals surface area contributed by atoms with Crippen molar-refractivity contribution in [2.45, 2.75) is 6.10 Å². The highest BCUT2D eigenvalue weighted by molar-refractivity contribution is 5.91. The van der Waals surface area contributed by atoms with E-state index in [-0.39, 0.29) is 18.6 Å². The number of carbonyl (C=O) groups excluding carboxylic acids is 1. The van der Waals surface area contributed by atoms with Crippen molar-refractivity contribution in [3.05, 3.63) is 35.9 Å². The molecule has 0 saturated carbocycles. The first-order chi connectivity index (χ1) is 9.72. The van der Waals surface area contributed by atoms with E-state index in [1.54, 1.807) is 18.1 Å². The standard InChI is InChI=1S/C15H19NO4/c1-19-13-4-2-3-12(9-13)5-6-15(18)16-7-8-20-14(10-16)11-17/h2-6,9,14,17H,7-8,10-11H2,1H3/b6-5+. The first-order valence-corrected chi connectivity index (χ1v) is 6.56. The molecule has 1 amide bonds. The molecule has 1 N–H and O–H groups in total. The van der Waals surface area contributed by atoms with Gasteiger partial charge < -0.3 is 19.5 Å². The van der Waals surface area contributed by atoms with E-state index in [2.05, 4.69) is 0 Å². The molecule has 1 saturated heterocycles. The smallest absolute Gasteiger partial charge is 0.246 e. The third kappa shape index (κ3) is 3.82. The van der Waals surface area contributed by atoms with Gasteiger partial charge in [-0.1, -0.05) is 12.1 Å². The second kappa shape index (κ2) is 7.07. The highest BCUT2D eigenvalue weighted by Crippen LogP contribution is 2.14. The van der Waals surface area contributed by atoms with Crippen molar-refractivity contribution in [3.63, 3.8) is 0 Å². The van der Waals surface area contributed by atoms with Gasteiger partial charge in [0.15, 0.2) is 0 Å². The van der Waals surface area contributed by atoms with Crippen LogP contribution in [0.15, 0.2) is 30.3 Å². The summed E-state index contributed by atoms with van der Waals surface area (Å²) in [4.78, 5) is 13.7. The predicted octanol–water partition coefficient (Wildman–Crippen LogP) is 0.928. The summed E-state index contributed by atoms with van der Waals surface area (Å²) >= 11 is 0. The van der Waals surface area contributed by atoms with Gasteiger partial charge in [-0.2, -0.15) is 0 Å². The molecule has 0 spiro atoms. The summed E-state index contributed by atoms with van der Waals surface area (Å²) < 4.78 is 10.4. The number of morpholine rings is 1. The van der Waals surface area contributed by atoms with E-state index in [1.165, 1.54) is 6.08 Å². The molecule has 2 rings (SSSR count). The van der Waals surface area contributed by atoms with Crippen LogP contribution in [0, 0.1) is 0 Å². The normalized spacial score (nSPS) is 19.3. The first-order valence-electron chi connectivity index (χ1n) is 6.56. The van der Waals surface area contributed by atoms with Gasteiger partial charge in [-0.15, -0.1) is 0 Å². The van der Waals surface area contributed by atoms with Gasteiger partial charge in [0.2, 0.25) is 5.91 Å². The minimum atomic E-state index is -0.280. The van der Waals surface area contributed by atoms with Crippen molar-refractivity contribution in [1.82, 2.24) is 4.90 Å². The number of aliphatic hydroxyl groups excluding tert-OH is 1. The number of ether oxygens (including phenoxy) is 2. The van der Waals surface area contributed by atoms with Crippen LogP contribution in [0.1, 0.15) is 5.56 Å². The largest absolute Gasteiger partial charge is 0.497 e. The summed E-state index contributed by atoms with van der Waals surface area (Å²) in [5.74, 6) is 0.681. The molecule has 0 radical (unpaired) electrons. The van der Waals surface area contributed by atoms with Crippen LogP contribution >= 0.6 is 0 Å². The Hall–Kier alpha value is -1.85. The van der Waals surface area contributed by atoms with E-state index in [1.807, 2.05) is 24.3 Å². The molecular formula is C15H19NO4. The van der Waals surface area contributed by atoms with Crippen LogP contribution < -0.4 is 4.74 Å². The quantitative estimate of drug-likeness (QED) is 0.832. The maximum atomic E-state index is 12.1. The van der Waals surface area contributed by atoms with Gasteiger partial charge in [0, 0.05) is 19.2 Å². The van der Waals surface area contributed by atoms with Crippen molar-refractivity contribution < 1.29 is 19.4 Å². The Morgan fingerprint density at radius 3 is 3.20 bits per heavy atom. The number of carbonyl (C=O) groups is 1. The molecule has 1 heterocycles. The van der Waals surface area contributed by atoms with Gasteiger partial charge >= 0.3 is 0 Å². The lowest BCUT2D eigenvalue weighted by molar-refractivity contribution is -0.134. The van der Waals surface area contributed by atoms with Gasteiger partial charge in [-0.25, -0.2) is 0 Å². The average molecular weight is 277 g/mol. The van der Waals surface area contributed by atoms with E-state index in [0.29, 0.717) is 19.7 Å². The molecule has 5 nitrogen and oxygen atoms in total. The zero-order valence-corrected chi connectivity index (χ0v) is 11.5. The number of methoxy groups -OCH3 is 1. The number of aliphatic hydroxyl groups is 1. The predicted molar refractivity (Wildman–Crippen MR) is 75.4 cm³/mol. The Kier molecular flexibility index (Phi) is 5.15. The van der Waals surface area contributed by atoms with Gasteiger partial charge in [0.1, 0.15) is 5.75 Å². The molecule has 108 valence electrons. The molecule has 1 atom stereocenters. The Labute approximate surface area is 118 Å². The third-order valence-corrected chi connectivity index (χ3v) is 3.17. The van der Waals surface area contributed by atoms with Crippen LogP contribution in [0.3, 0.4) is 0 Å². The van der Waals surface area contributed by atoms with Crippen molar-refractivity contribution >= 4 is 12.0 Å². The summed E-state index contributed by atoms with van der Waals surface area (Å²) in [5.41, 5.74) is 0.907. The lowest BCUT2D eigenvalue weighted by Crippen LogP contribution is -2.46. The molecule has 1 aromatic carbocycles. The fourth-order valence-electron chi connectivity index (χ4n) is 2.05. The topological polar surface area (TPSA) is 59.0 Å². The molecule has 20 heavy (non-hydrogen) atoms. The van der Waals surface area contributed by atoms with Crippen LogP contribution in [-0.4, -0.2) is 55.4 Å². The van der Waals surface area contributed by atoms with Crippen molar-refractivity contribution in [2.75, 3.05) is 33.4 Å². The van der Waals surface area contributed by atoms with Gasteiger partial charge in [-0.05, 0) is 23.8 Å². The lowest BCUT2D eigenvalue weighted by atomic mass is 10.2. The van der Waals surface area contributed by atoms with Crippen LogP contribution in [-0.2, 0) is 9.53 Å². The molecular weight excluding hydrogens is 258 g/mol. The van der Waals surface area contributed by atoms with E-state index in [4.69, 9.17) is 14.6 Å². The van der Waals surface area contributed by atoms with Crippen LogP contribution in [0.2, 0.25) is 0 Å². The molecule has 5 heteroatoms. The maximum Gasteiger partial charge on any atom is 0.246 e. The van der Waals surface area contributed by atoms with Gasteiger partial charge in [0.05, 0.1) is 26.4 Å². The SMILES string of the molecule is COc1cccc(/C=C/C(=O)N2CCOC(CO)C2)c1. The molecule has 0 bridgehead atoms. The molecule has 1 fully saturated rings. The zero-order valence-electron chi connectivity index (χ0n) is 11.5. The summed E-state index contributed by atoms with van der Waals surface area (Å²) in [6.07, 6.45) is 3.01. The van der Waals surface area contributed by atoms with Gasteiger partial charge in [0.25, 0.3) is 0 Å². The van der Waals surface area contributed by atoms with E-state index >= 15 is 0 Å². The number of hydrogen-bond acceptors (Lipinski definition) is 4. The second-order valence-electron chi connectivity index (χ2n) is 4.57. The summed E-state index contributed by atoms with van der Waals surface area (Å²) in [7, 11) is 1.61. The van der Waals surface area contributed by atoms with Crippen LogP contribution in [0.4, 0.5) is 0 Å². The summed E-state index contributed by atoms with van der Waals surface area (Å²) in [6.45, 7) is 1.38. The highest BCUT2D eigenvalue weighted by atomic mass is 16.5. The van der Waals surface area contributed by atoms with Crippen molar-refractivity contribution in [1.29, 1.82) is 0 Å². The summed E-state index contributed by atoms with van der Waals surface area (Å²) in [6, 6.07) is 7.49. The van der Waals surface area contributed by atoms with Crippen LogP contribution in [0.5, 0.6) is 5.75 Å². The van der Waals surface area contributed by atoms with Crippen molar-refractivity contribution in [2.24, 2.45) is 0 Å². The number of rotatable bonds is 4. The lowest BCUT2D eigenvalue weighted by Gasteiger charge is -2.31. The average Bonchev–Trinajstić information content (AvgIpc) is 2.52. The number of benzene rings is 1. The van der Waals surface area contributed by atoms with Crippen molar-refractivity contribution in [3.8, 4) is 5.75 Å². The fourth-order valence-corrected chi connectivity index (χ4v) is 2.05. The number of nitrogens with zero attached hydrogens (tertiary/aromatic N) is 1. The highest BCUT2D eigenvalue weighted by Gasteiger charge is 2.21. The fraction of sp³-hybridized carbons (Fsp3) is 0.400. The van der Waals surface area contributed by atoms with Crippen LogP contribution in [0.25, 0.3) is 6.08 Å². The minimum absolute atomic E-state index is 0.0661. The van der Waals surface area contributed by atoms with E-state index in [0.717, 1.165) is 11.3 Å². The second-order valence-corrected chi connectivity index (χ2v) is 4.57. The zero-order chi connectivity index (χ0) is 14.4. The third-order valence-electron chi connectivity index (χ3n) is 3.17. The monoisotopic (exact) mass is 277 g/mol. The Morgan fingerprint density at radius 1 is 1.60 bits per heavy atom. The Bertz CT molecular complexity index is 487. The molecule has 0 aliphatic carbocycles. The number of hydrogen-bond donors (Lipinski definition) is 1. The first kappa shape index (κ1) is 14.6. The maximum absolute atomic E-state index is 12.1. The Morgan fingerprint density at radius 2 is 2.45 bits per heavy atom. The molecule has 1 unspecified atom stereocenters. The molecule has 1 aliphatic rings. The molecule has 1 aliphatic heterocycles. The molecule has 1 aromatic rings.